The monoisotopic (exact) mass is 338 g/mol. The molecule has 0 unspecified atom stereocenters. The summed E-state index contributed by atoms with van der Waals surface area (Å²) >= 11 is 8.53. The molecule has 0 saturated heterocycles. The molecular weight excluding hydrogens is 341 g/mol. The van der Waals surface area contributed by atoms with E-state index in [1.807, 2.05) is 0 Å². The van der Waals surface area contributed by atoms with Crippen molar-refractivity contribution in [2.45, 2.75) is 0 Å². The van der Waals surface area contributed by atoms with E-state index in [-0.39, 0.29) is 68.3 Å². The van der Waals surface area contributed by atoms with Crippen LogP contribution < -0.4 is 0 Å². The van der Waals surface area contributed by atoms with Crippen molar-refractivity contribution in [1.82, 2.24) is 0 Å². The molecular formula is Cl2Cu4O. The van der Waals surface area contributed by atoms with Gasteiger partial charge in [-0.05, 0) is 0 Å². The van der Waals surface area contributed by atoms with Crippen LogP contribution in [0.2, 0.25) is 0 Å². The fourth-order valence-electron chi connectivity index (χ4n) is 0. The summed E-state index contributed by atoms with van der Waals surface area (Å²) in [5, 5.41) is 0. The van der Waals surface area contributed by atoms with Gasteiger partial charge in [-0.25, -0.2) is 0 Å². The third-order valence-electron chi connectivity index (χ3n) is 0. The second kappa shape index (κ2) is 38.2. The predicted octanol–water partition coefficient (Wildman–Crippen LogP) is 1.30. The van der Waals surface area contributed by atoms with Gasteiger partial charge >= 0.3 is 0 Å². The van der Waals surface area contributed by atoms with Gasteiger partial charge in [-0.15, -0.1) is 0 Å². The van der Waals surface area contributed by atoms with Crippen LogP contribution >= 0.6 is 23.7 Å². The van der Waals surface area contributed by atoms with Crippen molar-refractivity contribution in [1.29, 1.82) is 0 Å². The fourth-order valence-corrected chi connectivity index (χ4v) is 0. The third kappa shape index (κ3) is 55.1. The second-order valence-electron chi connectivity index (χ2n) is 0.0583. The Kier molecular flexibility index (Phi) is 183. The first kappa shape index (κ1) is 33.5. The molecule has 0 amide bonds. The van der Waals surface area contributed by atoms with E-state index in [1.54, 1.807) is 0 Å². The Morgan fingerprint density at radius 1 is 0.714 bits per heavy atom. The smallest absolute Gasteiger partial charge is 0.0832 e. The first-order valence-electron chi connectivity index (χ1n) is 0.309. The van der Waals surface area contributed by atoms with Crippen LogP contribution in [0.4, 0.5) is 0 Å². The molecule has 0 fully saturated rings. The third-order valence-corrected chi connectivity index (χ3v) is 0. The Hall–Kier alpha value is 2.62. The molecule has 4 radical (unpaired) electrons. The van der Waals surface area contributed by atoms with Crippen molar-refractivity contribution in [3.63, 3.8) is 0 Å². The fraction of sp³-hybridized carbons (Fsp3) is 0. The second-order valence-corrected chi connectivity index (χ2v) is 0.525. The summed E-state index contributed by atoms with van der Waals surface area (Å²) in [6, 6.07) is 0. The van der Waals surface area contributed by atoms with Crippen LogP contribution in [0.15, 0.2) is 0 Å². The zero-order valence-electron chi connectivity index (χ0n) is 2.37. The van der Waals surface area contributed by atoms with E-state index in [9.17, 15) is 0 Å². The molecule has 1 nitrogen and oxygen atoms in total. The van der Waals surface area contributed by atoms with Crippen LogP contribution in [0, 0.1) is 0 Å². The maximum absolute atomic E-state index is 4.26. The van der Waals surface area contributed by atoms with E-state index in [0.29, 0.717) is 0 Å². The summed E-state index contributed by atoms with van der Waals surface area (Å²) in [6.07, 6.45) is 0. The van der Waals surface area contributed by atoms with Crippen LogP contribution in [0.1, 0.15) is 0 Å². The topological polar surface area (TPSA) is 9.23 Å². The van der Waals surface area contributed by atoms with Gasteiger partial charge in [0.25, 0.3) is 0 Å². The first-order chi connectivity index (χ1) is 1.41. The Morgan fingerprint density at radius 3 is 0.714 bits per heavy atom. The molecule has 0 aromatic rings. The maximum Gasteiger partial charge on any atom is 0.0832 e. The van der Waals surface area contributed by atoms with Crippen LogP contribution in [0.5, 0.6) is 0 Å². The first-order valence-corrected chi connectivity index (χ1v) is 0.926. The van der Waals surface area contributed by atoms with E-state index in [4.69, 9.17) is 0 Å². The van der Waals surface area contributed by atoms with Crippen LogP contribution in [-0.2, 0) is 72.1 Å². The molecule has 0 saturated carbocycles. The van der Waals surface area contributed by atoms with Gasteiger partial charge in [0, 0.05) is 68.3 Å². The Balaban J connectivity index is -0.00000000333. The molecule has 0 aliphatic carbocycles. The van der Waals surface area contributed by atoms with Gasteiger partial charge in [0.15, 0.2) is 0 Å². The van der Waals surface area contributed by atoms with Crippen molar-refractivity contribution in [2.75, 3.05) is 0 Å². The van der Waals surface area contributed by atoms with Gasteiger partial charge in [0.1, 0.15) is 0 Å². The van der Waals surface area contributed by atoms with Crippen LogP contribution in [-0.4, -0.2) is 0 Å². The zero-order chi connectivity index (χ0) is 2.71. The maximum atomic E-state index is 4.26. The van der Waals surface area contributed by atoms with E-state index in [2.05, 4.69) is 27.6 Å². The van der Waals surface area contributed by atoms with E-state index in [1.165, 1.54) is 0 Å². The molecule has 0 spiro atoms. The quantitative estimate of drug-likeness (QED) is 0.604. The molecule has 0 bridgehead atoms. The van der Waals surface area contributed by atoms with Crippen molar-refractivity contribution in [3.05, 3.63) is 0 Å². The molecule has 64 valence electrons. The number of rotatable bonds is 0. The Labute approximate surface area is 94.8 Å². The molecule has 7 heteroatoms. The summed E-state index contributed by atoms with van der Waals surface area (Å²) in [5.41, 5.74) is 0. The minimum absolute atomic E-state index is 0. The van der Waals surface area contributed by atoms with E-state index in [0.717, 1.165) is 0 Å². The van der Waals surface area contributed by atoms with Gasteiger partial charge in [-0.2, -0.15) is 3.84 Å². The Morgan fingerprint density at radius 2 is 0.714 bits per heavy atom. The summed E-state index contributed by atoms with van der Waals surface area (Å²) in [4.78, 5) is 0. The van der Waals surface area contributed by atoms with Gasteiger partial charge < -0.3 is 0 Å². The average molecular weight is 341 g/mol. The van der Waals surface area contributed by atoms with Crippen molar-refractivity contribution in [2.24, 2.45) is 0 Å². The van der Waals surface area contributed by atoms with Crippen LogP contribution in [0.25, 0.3) is 0 Å². The minimum Gasteiger partial charge on any atom is -0.166 e. The molecule has 0 aliphatic heterocycles. The van der Waals surface area contributed by atoms with Gasteiger partial charge in [-0.1, -0.05) is 0 Å². The summed E-state index contributed by atoms with van der Waals surface area (Å²) < 4.78 is 3.19. The molecule has 0 aromatic carbocycles. The van der Waals surface area contributed by atoms with Crippen molar-refractivity contribution < 1.29 is 72.1 Å². The molecule has 0 atom stereocenters. The molecule has 0 N–H and O–H groups in total. The number of hydrogen-bond acceptors (Lipinski definition) is 1. The Bertz CT molecular complexity index is 9.65. The predicted molar refractivity (Wildman–Crippen MR) is 12.8 cm³/mol. The molecule has 7 heavy (non-hydrogen) atoms. The summed E-state index contributed by atoms with van der Waals surface area (Å²) in [6.45, 7) is 0. The minimum atomic E-state index is 0. The van der Waals surface area contributed by atoms with Gasteiger partial charge in [0.05, 0.1) is 23.7 Å². The molecule has 0 aliphatic rings. The molecule has 0 rings (SSSR count). The van der Waals surface area contributed by atoms with Crippen molar-refractivity contribution in [3.8, 4) is 0 Å². The number of halogens is 2. The standard InChI is InChI=1S/Cl2O.4Cu/c1-3-2;;;;. The van der Waals surface area contributed by atoms with Crippen LogP contribution in [0.3, 0.4) is 0 Å². The SMILES string of the molecule is ClOCl.[Cu].[Cu].[Cu].[Cu]. The zero-order valence-corrected chi connectivity index (χ0v) is 7.65. The largest absolute Gasteiger partial charge is 0.166 e. The normalized spacial score (nSPS) is 2.57. The molecule has 0 aromatic heterocycles. The van der Waals surface area contributed by atoms with E-state index < -0.39 is 0 Å². The van der Waals surface area contributed by atoms with E-state index >= 15 is 0 Å². The summed E-state index contributed by atoms with van der Waals surface area (Å²) in [7, 11) is 0. The van der Waals surface area contributed by atoms with Gasteiger partial charge in [-0.3, -0.25) is 0 Å². The van der Waals surface area contributed by atoms with Gasteiger partial charge in [0.2, 0.25) is 0 Å². The number of hydrogen-bond donors (Lipinski definition) is 0. The summed E-state index contributed by atoms with van der Waals surface area (Å²) in [5.74, 6) is 0. The molecule has 0 heterocycles. The van der Waals surface area contributed by atoms with Crippen molar-refractivity contribution >= 4 is 23.7 Å². The average Bonchev–Trinajstić information content (AvgIpc) is 0.918.